The predicted octanol–water partition coefficient (Wildman–Crippen LogP) is 3.11. The molecule has 2 aromatic rings. The molecule has 0 bridgehead atoms. The average Bonchev–Trinajstić information content (AvgIpc) is 2.53. The van der Waals surface area contributed by atoms with Crippen LogP contribution in [0.1, 0.15) is 31.2 Å². The Morgan fingerprint density at radius 1 is 1.27 bits per heavy atom. The Kier molecular flexibility index (Phi) is 3.96. The monoisotopic (exact) mass is 298 g/mol. The maximum absolute atomic E-state index is 11.5. The summed E-state index contributed by atoms with van der Waals surface area (Å²) in [5.74, 6) is 1.41. The molecule has 1 amide bonds. The average molecular weight is 298 g/mol. The summed E-state index contributed by atoms with van der Waals surface area (Å²) in [5.41, 5.74) is 2.47. The van der Waals surface area contributed by atoms with Crippen LogP contribution in [0.4, 0.5) is 5.69 Å². The number of carbonyl (C=O) groups excluding carboxylic acids is 1. The van der Waals surface area contributed by atoms with E-state index in [-0.39, 0.29) is 12.5 Å². The highest BCUT2D eigenvalue weighted by atomic mass is 16.5. The molecule has 22 heavy (non-hydrogen) atoms. The number of hydrogen-bond acceptors (Lipinski definition) is 4. The minimum absolute atomic E-state index is 0.0362. The molecule has 0 unspecified atom stereocenters. The number of rotatable bonds is 4. The van der Waals surface area contributed by atoms with Crippen LogP contribution in [-0.2, 0) is 11.4 Å². The first-order valence-electron chi connectivity index (χ1n) is 7.28. The molecule has 2 heterocycles. The van der Waals surface area contributed by atoms with Crippen molar-refractivity contribution in [3.8, 4) is 11.5 Å². The van der Waals surface area contributed by atoms with Gasteiger partial charge in [-0.15, -0.1) is 0 Å². The lowest BCUT2D eigenvalue weighted by Gasteiger charge is -2.20. The molecule has 5 heteroatoms. The largest absolute Gasteiger partial charge is 0.485 e. The quantitative estimate of drug-likeness (QED) is 0.942. The van der Waals surface area contributed by atoms with E-state index in [2.05, 4.69) is 24.1 Å². The van der Waals surface area contributed by atoms with Gasteiger partial charge in [0.2, 0.25) is 0 Å². The Hall–Kier alpha value is -2.56. The van der Waals surface area contributed by atoms with Gasteiger partial charge in [0, 0.05) is 5.69 Å². The molecule has 1 aromatic heterocycles. The van der Waals surface area contributed by atoms with Crippen molar-refractivity contribution in [2.75, 3.05) is 11.9 Å². The molecular weight excluding hydrogens is 280 g/mol. The third-order valence-corrected chi connectivity index (χ3v) is 3.41. The SMILES string of the molecule is CC(C)c1cccc(COc2cccc3c2NC(=O)CO3)n1. The van der Waals surface area contributed by atoms with E-state index in [9.17, 15) is 4.79 Å². The van der Waals surface area contributed by atoms with Crippen molar-refractivity contribution < 1.29 is 14.3 Å². The van der Waals surface area contributed by atoms with Crippen LogP contribution in [0.25, 0.3) is 0 Å². The summed E-state index contributed by atoms with van der Waals surface area (Å²) in [5, 5.41) is 2.79. The number of carbonyl (C=O) groups is 1. The Balaban J connectivity index is 1.77. The molecule has 5 nitrogen and oxygen atoms in total. The van der Waals surface area contributed by atoms with Crippen LogP contribution in [0.5, 0.6) is 11.5 Å². The van der Waals surface area contributed by atoms with Crippen LogP contribution in [0.3, 0.4) is 0 Å². The van der Waals surface area contributed by atoms with Crippen molar-refractivity contribution in [3.05, 3.63) is 47.8 Å². The molecule has 114 valence electrons. The summed E-state index contributed by atoms with van der Waals surface area (Å²) in [6.45, 7) is 4.59. The third-order valence-electron chi connectivity index (χ3n) is 3.41. The van der Waals surface area contributed by atoms with Crippen molar-refractivity contribution in [2.24, 2.45) is 0 Å². The Labute approximate surface area is 129 Å². The summed E-state index contributed by atoms with van der Waals surface area (Å²) < 4.78 is 11.2. The summed E-state index contributed by atoms with van der Waals surface area (Å²) in [6, 6.07) is 11.4. The van der Waals surface area contributed by atoms with Crippen LogP contribution >= 0.6 is 0 Å². The molecule has 1 N–H and O–H groups in total. The van der Waals surface area contributed by atoms with Gasteiger partial charge >= 0.3 is 0 Å². The summed E-state index contributed by atoms with van der Waals surface area (Å²) >= 11 is 0. The fourth-order valence-corrected chi connectivity index (χ4v) is 2.25. The van der Waals surface area contributed by atoms with E-state index >= 15 is 0 Å². The van der Waals surface area contributed by atoms with Crippen molar-refractivity contribution in [1.29, 1.82) is 0 Å². The normalized spacial score (nSPS) is 13.3. The maximum Gasteiger partial charge on any atom is 0.262 e. The molecule has 1 aromatic carbocycles. The number of amides is 1. The number of anilines is 1. The molecule has 0 atom stereocenters. The van der Waals surface area contributed by atoms with Gasteiger partial charge in [-0.3, -0.25) is 9.78 Å². The maximum atomic E-state index is 11.5. The lowest BCUT2D eigenvalue weighted by molar-refractivity contribution is -0.118. The second-order valence-electron chi connectivity index (χ2n) is 5.46. The lowest BCUT2D eigenvalue weighted by atomic mass is 10.1. The summed E-state index contributed by atoms with van der Waals surface area (Å²) in [6.07, 6.45) is 0. The summed E-state index contributed by atoms with van der Waals surface area (Å²) in [7, 11) is 0. The number of pyridine rings is 1. The van der Waals surface area contributed by atoms with Gasteiger partial charge in [-0.05, 0) is 30.2 Å². The van der Waals surface area contributed by atoms with Crippen LogP contribution < -0.4 is 14.8 Å². The van der Waals surface area contributed by atoms with Gasteiger partial charge in [-0.2, -0.15) is 0 Å². The first-order chi connectivity index (χ1) is 10.6. The van der Waals surface area contributed by atoms with E-state index in [1.165, 1.54) is 0 Å². The van der Waals surface area contributed by atoms with Crippen molar-refractivity contribution in [3.63, 3.8) is 0 Å². The number of hydrogen-bond donors (Lipinski definition) is 1. The van der Waals surface area contributed by atoms with Crippen LogP contribution in [0.15, 0.2) is 36.4 Å². The molecule has 0 saturated heterocycles. The molecule has 0 fully saturated rings. The number of nitrogens with one attached hydrogen (secondary N) is 1. The first-order valence-corrected chi connectivity index (χ1v) is 7.28. The smallest absolute Gasteiger partial charge is 0.262 e. The number of para-hydroxylation sites is 1. The van der Waals surface area contributed by atoms with Gasteiger partial charge in [0.05, 0.1) is 5.69 Å². The minimum Gasteiger partial charge on any atom is -0.485 e. The van der Waals surface area contributed by atoms with E-state index in [0.29, 0.717) is 29.7 Å². The van der Waals surface area contributed by atoms with Gasteiger partial charge in [0.1, 0.15) is 23.8 Å². The van der Waals surface area contributed by atoms with Crippen LogP contribution in [0, 0.1) is 0 Å². The number of ether oxygens (including phenoxy) is 2. The number of nitrogens with zero attached hydrogens (tertiary/aromatic N) is 1. The third kappa shape index (κ3) is 3.03. The lowest BCUT2D eigenvalue weighted by Crippen LogP contribution is -2.25. The van der Waals surface area contributed by atoms with Gasteiger partial charge in [0.25, 0.3) is 5.91 Å². The molecule has 1 aliphatic rings. The molecule has 0 radical (unpaired) electrons. The topological polar surface area (TPSA) is 60.5 Å². The van der Waals surface area contributed by atoms with Gasteiger partial charge in [-0.25, -0.2) is 0 Å². The van der Waals surface area contributed by atoms with Crippen LogP contribution in [-0.4, -0.2) is 17.5 Å². The molecule has 0 spiro atoms. The fourth-order valence-electron chi connectivity index (χ4n) is 2.25. The minimum atomic E-state index is -0.177. The van der Waals surface area contributed by atoms with Gasteiger partial charge in [0.15, 0.2) is 6.61 Å². The molecule has 3 rings (SSSR count). The standard InChI is InChI=1S/C17H18N2O3/c1-11(2)13-6-3-5-12(18-13)9-21-14-7-4-8-15-17(14)19-16(20)10-22-15/h3-8,11H,9-10H2,1-2H3,(H,19,20). The zero-order valence-electron chi connectivity index (χ0n) is 12.6. The highest BCUT2D eigenvalue weighted by molar-refractivity contribution is 5.97. The molecule has 1 aliphatic heterocycles. The van der Waals surface area contributed by atoms with E-state index in [4.69, 9.17) is 9.47 Å². The predicted molar refractivity (Wildman–Crippen MR) is 83.2 cm³/mol. The van der Waals surface area contributed by atoms with E-state index in [1.54, 1.807) is 12.1 Å². The van der Waals surface area contributed by atoms with Crippen molar-refractivity contribution >= 4 is 11.6 Å². The van der Waals surface area contributed by atoms with Crippen molar-refractivity contribution in [1.82, 2.24) is 4.98 Å². The first kappa shape index (κ1) is 14.4. The molecular formula is C17H18N2O3. The van der Waals surface area contributed by atoms with E-state index < -0.39 is 0 Å². The zero-order valence-corrected chi connectivity index (χ0v) is 12.6. The Bertz CT molecular complexity index is 698. The Morgan fingerprint density at radius 3 is 2.91 bits per heavy atom. The molecule has 0 saturated carbocycles. The summed E-state index contributed by atoms with van der Waals surface area (Å²) in [4.78, 5) is 16.0. The molecule has 0 aliphatic carbocycles. The highest BCUT2D eigenvalue weighted by Gasteiger charge is 2.19. The van der Waals surface area contributed by atoms with Crippen LogP contribution in [0.2, 0.25) is 0 Å². The van der Waals surface area contributed by atoms with Crippen molar-refractivity contribution in [2.45, 2.75) is 26.4 Å². The zero-order chi connectivity index (χ0) is 15.5. The second-order valence-corrected chi connectivity index (χ2v) is 5.46. The van der Waals surface area contributed by atoms with E-state index in [1.807, 2.05) is 24.3 Å². The fraction of sp³-hybridized carbons (Fsp3) is 0.294. The number of aromatic nitrogens is 1. The number of benzene rings is 1. The highest BCUT2D eigenvalue weighted by Crippen LogP contribution is 2.36. The van der Waals surface area contributed by atoms with Gasteiger partial charge in [-0.1, -0.05) is 26.0 Å². The number of fused-ring (bicyclic) bond motifs is 1. The Morgan fingerprint density at radius 2 is 2.09 bits per heavy atom. The van der Waals surface area contributed by atoms with E-state index in [0.717, 1.165) is 11.4 Å². The second kappa shape index (κ2) is 6.05. The van der Waals surface area contributed by atoms with Gasteiger partial charge < -0.3 is 14.8 Å².